The second-order valence-electron chi connectivity index (χ2n) is 5.40. The number of allylic oxidation sites excluding steroid dienone is 2. The molecule has 1 atom stereocenters. The van der Waals surface area contributed by atoms with Crippen LogP contribution in [0, 0.1) is 5.92 Å². The van der Waals surface area contributed by atoms with Crippen molar-refractivity contribution in [2.24, 2.45) is 5.92 Å². The summed E-state index contributed by atoms with van der Waals surface area (Å²) in [6.45, 7) is 4.35. The first-order valence-electron chi connectivity index (χ1n) is 7.42. The van der Waals surface area contributed by atoms with E-state index in [4.69, 9.17) is 0 Å². The number of unbranched alkanes of at least 4 members (excludes halogenated alkanes) is 3. The predicted molar refractivity (Wildman–Crippen MR) is 74.5 cm³/mol. The molecule has 1 rings (SSSR count). The van der Waals surface area contributed by atoms with Crippen LogP contribution in [0.1, 0.15) is 71.6 Å². The Morgan fingerprint density at radius 1 is 1.11 bits per heavy atom. The molecule has 0 amide bonds. The summed E-state index contributed by atoms with van der Waals surface area (Å²) in [7, 11) is 0. The third-order valence-electron chi connectivity index (χ3n) is 3.69. The van der Waals surface area contributed by atoms with E-state index in [2.05, 4.69) is 13.8 Å². The molecule has 2 heteroatoms. The molecule has 1 aliphatic rings. The molecule has 0 bridgehead atoms. The first kappa shape index (κ1) is 15.1. The fourth-order valence-corrected chi connectivity index (χ4v) is 2.63. The Morgan fingerprint density at radius 3 is 2.50 bits per heavy atom. The van der Waals surface area contributed by atoms with Gasteiger partial charge in [0.1, 0.15) is 5.78 Å². The molecule has 0 aromatic rings. The van der Waals surface area contributed by atoms with E-state index in [1.54, 1.807) is 6.08 Å². The molecule has 0 spiro atoms. The lowest BCUT2D eigenvalue weighted by Crippen LogP contribution is -2.09. The minimum Gasteiger partial charge on any atom is -0.299 e. The Kier molecular flexibility index (Phi) is 6.92. The van der Waals surface area contributed by atoms with Crippen molar-refractivity contribution in [1.29, 1.82) is 0 Å². The van der Waals surface area contributed by atoms with Gasteiger partial charge in [0.05, 0.1) is 6.42 Å². The summed E-state index contributed by atoms with van der Waals surface area (Å²) in [5.74, 6) is 0.482. The molecule has 1 unspecified atom stereocenters. The van der Waals surface area contributed by atoms with Crippen molar-refractivity contribution in [3.8, 4) is 0 Å². The third-order valence-corrected chi connectivity index (χ3v) is 3.69. The van der Waals surface area contributed by atoms with Gasteiger partial charge in [0.25, 0.3) is 0 Å². The van der Waals surface area contributed by atoms with Crippen LogP contribution in [0.15, 0.2) is 11.6 Å². The molecule has 0 radical (unpaired) electrons. The second-order valence-corrected chi connectivity index (χ2v) is 5.40. The average molecular weight is 250 g/mol. The van der Waals surface area contributed by atoms with Gasteiger partial charge in [0.15, 0.2) is 5.78 Å². The van der Waals surface area contributed by atoms with Gasteiger partial charge in [0.2, 0.25) is 0 Å². The van der Waals surface area contributed by atoms with E-state index < -0.39 is 0 Å². The van der Waals surface area contributed by atoms with E-state index in [0.29, 0.717) is 12.3 Å². The molecule has 0 saturated heterocycles. The largest absolute Gasteiger partial charge is 0.299 e. The Balaban J connectivity index is 2.67. The van der Waals surface area contributed by atoms with Crippen LogP contribution in [0.25, 0.3) is 0 Å². The lowest BCUT2D eigenvalue weighted by atomic mass is 9.87. The van der Waals surface area contributed by atoms with Crippen LogP contribution < -0.4 is 0 Å². The first-order chi connectivity index (χ1) is 8.67. The summed E-state index contributed by atoms with van der Waals surface area (Å²) in [4.78, 5) is 23.3. The highest BCUT2D eigenvalue weighted by Crippen LogP contribution is 2.29. The molecular formula is C16H26O2. The zero-order chi connectivity index (χ0) is 13.4. The quantitative estimate of drug-likeness (QED) is 0.500. The summed E-state index contributed by atoms with van der Waals surface area (Å²) in [5, 5.41) is 0. The SMILES string of the molecule is CCCCCC1CC(=O)CC(=O)C=C1CCCC. The van der Waals surface area contributed by atoms with E-state index in [-0.39, 0.29) is 18.0 Å². The molecule has 2 nitrogen and oxygen atoms in total. The molecule has 102 valence electrons. The topological polar surface area (TPSA) is 34.1 Å². The maximum absolute atomic E-state index is 11.7. The highest BCUT2D eigenvalue weighted by molar-refractivity contribution is 6.05. The number of hydrogen-bond acceptors (Lipinski definition) is 2. The molecule has 18 heavy (non-hydrogen) atoms. The van der Waals surface area contributed by atoms with Crippen molar-refractivity contribution in [2.45, 2.75) is 71.6 Å². The van der Waals surface area contributed by atoms with Crippen molar-refractivity contribution in [3.05, 3.63) is 11.6 Å². The van der Waals surface area contributed by atoms with Crippen LogP contribution in [0.5, 0.6) is 0 Å². The van der Waals surface area contributed by atoms with E-state index >= 15 is 0 Å². The minimum absolute atomic E-state index is 0.0177. The molecule has 0 saturated carbocycles. The van der Waals surface area contributed by atoms with Crippen molar-refractivity contribution in [3.63, 3.8) is 0 Å². The van der Waals surface area contributed by atoms with Gasteiger partial charge < -0.3 is 0 Å². The zero-order valence-corrected chi connectivity index (χ0v) is 11.8. The molecule has 0 aromatic carbocycles. The lowest BCUT2D eigenvalue weighted by Gasteiger charge is -2.18. The predicted octanol–water partition coefficient (Wildman–Crippen LogP) is 4.23. The first-order valence-corrected chi connectivity index (χ1v) is 7.42. The highest BCUT2D eigenvalue weighted by Gasteiger charge is 2.23. The van der Waals surface area contributed by atoms with Gasteiger partial charge in [0, 0.05) is 6.42 Å². The number of rotatable bonds is 7. The third kappa shape index (κ3) is 5.16. The van der Waals surface area contributed by atoms with Gasteiger partial charge in [-0.15, -0.1) is 0 Å². The maximum atomic E-state index is 11.7. The van der Waals surface area contributed by atoms with Crippen LogP contribution in [0.4, 0.5) is 0 Å². The molecule has 1 aliphatic carbocycles. The van der Waals surface area contributed by atoms with E-state index in [9.17, 15) is 9.59 Å². The fraction of sp³-hybridized carbons (Fsp3) is 0.750. The monoisotopic (exact) mass is 250 g/mol. The van der Waals surface area contributed by atoms with Crippen LogP contribution in [0.2, 0.25) is 0 Å². The summed E-state index contributed by atoms with van der Waals surface area (Å²) in [5.41, 5.74) is 1.24. The zero-order valence-electron chi connectivity index (χ0n) is 11.8. The van der Waals surface area contributed by atoms with Gasteiger partial charge in [-0.3, -0.25) is 9.59 Å². The maximum Gasteiger partial charge on any atom is 0.163 e. The van der Waals surface area contributed by atoms with Gasteiger partial charge in [-0.25, -0.2) is 0 Å². The normalized spacial score (nSPS) is 20.8. The number of carbonyl (C=O) groups is 2. The van der Waals surface area contributed by atoms with Crippen molar-refractivity contribution in [2.75, 3.05) is 0 Å². The van der Waals surface area contributed by atoms with Crippen LogP contribution >= 0.6 is 0 Å². The smallest absolute Gasteiger partial charge is 0.163 e. The molecule has 0 N–H and O–H groups in total. The van der Waals surface area contributed by atoms with E-state index in [0.717, 1.165) is 25.7 Å². The number of Topliss-reactive ketones (excluding diaryl/α,β-unsaturated/α-hetero) is 1. The second kappa shape index (κ2) is 8.23. The Morgan fingerprint density at radius 2 is 1.83 bits per heavy atom. The summed E-state index contributed by atoms with van der Waals surface area (Å²) in [6.07, 6.45) is 10.4. The lowest BCUT2D eigenvalue weighted by molar-refractivity contribution is -0.124. The molecule has 0 heterocycles. The van der Waals surface area contributed by atoms with Gasteiger partial charge in [-0.2, -0.15) is 0 Å². The van der Waals surface area contributed by atoms with Crippen molar-refractivity contribution in [1.82, 2.24) is 0 Å². The number of ketones is 2. The Labute approximate surface area is 111 Å². The average Bonchev–Trinajstić information content (AvgIpc) is 2.45. The molecule has 0 aliphatic heterocycles. The van der Waals surface area contributed by atoms with Crippen LogP contribution in [-0.4, -0.2) is 11.6 Å². The summed E-state index contributed by atoms with van der Waals surface area (Å²) < 4.78 is 0. The van der Waals surface area contributed by atoms with E-state index in [1.807, 2.05) is 0 Å². The van der Waals surface area contributed by atoms with Crippen LogP contribution in [-0.2, 0) is 9.59 Å². The fourth-order valence-electron chi connectivity index (χ4n) is 2.63. The standard InChI is InChI=1S/C16H26O2/c1-3-5-7-9-14-11-16(18)12-15(17)10-13(14)8-6-4-2/h10,14H,3-9,11-12H2,1-2H3. The Bertz CT molecular complexity index is 315. The van der Waals surface area contributed by atoms with Crippen molar-refractivity contribution < 1.29 is 9.59 Å². The molecular weight excluding hydrogens is 224 g/mol. The van der Waals surface area contributed by atoms with Crippen molar-refractivity contribution >= 4 is 11.6 Å². The number of carbonyl (C=O) groups excluding carboxylic acids is 2. The van der Waals surface area contributed by atoms with Gasteiger partial charge in [-0.1, -0.05) is 45.1 Å². The minimum atomic E-state index is 0.0177. The van der Waals surface area contributed by atoms with Gasteiger partial charge >= 0.3 is 0 Å². The van der Waals surface area contributed by atoms with E-state index in [1.165, 1.54) is 24.8 Å². The molecule has 0 fully saturated rings. The Hall–Kier alpha value is -0.920. The summed E-state index contributed by atoms with van der Waals surface area (Å²) >= 11 is 0. The van der Waals surface area contributed by atoms with Gasteiger partial charge in [-0.05, 0) is 31.3 Å². The summed E-state index contributed by atoms with van der Waals surface area (Å²) in [6, 6.07) is 0. The number of hydrogen-bond donors (Lipinski definition) is 0. The molecule has 0 aromatic heterocycles. The highest BCUT2D eigenvalue weighted by atomic mass is 16.1. The van der Waals surface area contributed by atoms with Crippen LogP contribution in [0.3, 0.4) is 0 Å².